The molecule has 0 saturated carbocycles. The van der Waals surface area contributed by atoms with Crippen molar-refractivity contribution in [3.8, 4) is 0 Å². The summed E-state index contributed by atoms with van der Waals surface area (Å²) in [5.74, 6) is -0.468. The molecule has 0 aliphatic rings. The van der Waals surface area contributed by atoms with Gasteiger partial charge in [0, 0.05) is 18.5 Å². The van der Waals surface area contributed by atoms with Gasteiger partial charge in [0.15, 0.2) is 0 Å². The summed E-state index contributed by atoms with van der Waals surface area (Å²) in [5, 5.41) is 5.42. The molecule has 1 rings (SSSR count). The maximum absolute atomic E-state index is 11.9. The van der Waals surface area contributed by atoms with E-state index in [1.165, 1.54) is 7.11 Å². The topological polar surface area (TPSA) is 93.5 Å². The van der Waals surface area contributed by atoms with Gasteiger partial charge in [-0.15, -0.1) is 0 Å². The van der Waals surface area contributed by atoms with Crippen molar-refractivity contribution in [2.75, 3.05) is 24.4 Å². The third-order valence-corrected chi connectivity index (χ3v) is 2.89. The Kier molecular flexibility index (Phi) is 7.42. The fourth-order valence-electron chi connectivity index (χ4n) is 1.79. The number of anilines is 2. The molecule has 0 radical (unpaired) electrons. The van der Waals surface area contributed by atoms with Crippen LogP contribution in [0.15, 0.2) is 24.3 Å². The molecule has 0 aliphatic carbocycles. The second-order valence-electron chi connectivity index (χ2n) is 4.80. The molecule has 0 aromatic heterocycles. The van der Waals surface area contributed by atoms with Crippen LogP contribution >= 0.6 is 0 Å². The Hall–Kier alpha value is -1.92. The molecule has 1 atom stereocenters. The number of carbonyl (C=O) groups is 2. The lowest BCUT2D eigenvalue weighted by Gasteiger charge is -2.12. The molecular weight excluding hydrogens is 270 g/mol. The second kappa shape index (κ2) is 9.10. The van der Waals surface area contributed by atoms with Crippen LogP contribution in [-0.4, -0.2) is 31.6 Å². The van der Waals surface area contributed by atoms with E-state index in [1.54, 1.807) is 24.3 Å². The first-order valence-corrected chi connectivity index (χ1v) is 7.02. The molecule has 0 aliphatic heterocycles. The van der Waals surface area contributed by atoms with Crippen LogP contribution < -0.4 is 16.4 Å². The standard InChI is InChI=1S/C15H23N3O3/c1-3-4-8-13(16)15(20)18-12-7-5-6-11(9-12)17-14(19)10-21-2/h5-7,9,13H,3-4,8,10,16H2,1-2H3,(H,17,19)(H,18,20)/t13-/m0/s1. The average Bonchev–Trinajstić information content (AvgIpc) is 2.45. The number of carbonyl (C=O) groups excluding carboxylic acids is 2. The highest BCUT2D eigenvalue weighted by Crippen LogP contribution is 2.15. The number of hydrogen-bond donors (Lipinski definition) is 3. The van der Waals surface area contributed by atoms with Gasteiger partial charge in [-0.2, -0.15) is 0 Å². The molecule has 0 spiro atoms. The number of nitrogens with one attached hydrogen (secondary N) is 2. The van der Waals surface area contributed by atoms with Crippen LogP contribution in [0, 0.1) is 0 Å². The van der Waals surface area contributed by atoms with E-state index in [-0.39, 0.29) is 18.4 Å². The summed E-state index contributed by atoms with van der Waals surface area (Å²) in [5.41, 5.74) is 7.00. The van der Waals surface area contributed by atoms with Gasteiger partial charge in [-0.05, 0) is 24.6 Å². The van der Waals surface area contributed by atoms with Gasteiger partial charge in [-0.3, -0.25) is 9.59 Å². The molecule has 0 bridgehead atoms. The number of hydrogen-bond acceptors (Lipinski definition) is 4. The smallest absolute Gasteiger partial charge is 0.250 e. The quantitative estimate of drug-likeness (QED) is 0.680. The number of unbranched alkanes of at least 4 members (excludes halogenated alkanes) is 1. The summed E-state index contributed by atoms with van der Waals surface area (Å²) in [7, 11) is 1.45. The van der Waals surface area contributed by atoms with Gasteiger partial charge in [0.1, 0.15) is 6.61 Å². The van der Waals surface area contributed by atoms with E-state index >= 15 is 0 Å². The Morgan fingerprint density at radius 3 is 2.57 bits per heavy atom. The number of nitrogens with two attached hydrogens (primary N) is 1. The minimum Gasteiger partial charge on any atom is -0.375 e. The zero-order chi connectivity index (χ0) is 15.7. The fourth-order valence-corrected chi connectivity index (χ4v) is 1.79. The Balaban J connectivity index is 2.59. The highest BCUT2D eigenvalue weighted by Gasteiger charge is 2.13. The Bertz CT molecular complexity index is 477. The zero-order valence-corrected chi connectivity index (χ0v) is 12.5. The molecule has 6 nitrogen and oxygen atoms in total. The highest BCUT2D eigenvalue weighted by atomic mass is 16.5. The minimum atomic E-state index is -0.517. The molecule has 0 unspecified atom stereocenters. The molecule has 1 aromatic carbocycles. The molecule has 6 heteroatoms. The van der Waals surface area contributed by atoms with Crippen molar-refractivity contribution >= 4 is 23.2 Å². The maximum Gasteiger partial charge on any atom is 0.250 e. The molecule has 4 N–H and O–H groups in total. The van der Waals surface area contributed by atoms with Crippen LogP contribution in [0.3, 0.4) is 0 Å². The van der Waals surface area contributed by atoms with Gasteiger partial charge in [-0.1, -0.05) is 25.8 Å². The number of rotatable bonds is 8. The molecule has 2 amide bonds. The van der Waals surface area contributed by atoms with E-state index in [4.69, 9.17) is 10.5 Å². The zero-order valence-electron chi connectivity index (χ0n) is 12.5. The van der Waals surface area contributed by atoms with E-state index in [0.29, 0.717) is 17.8 Å². The molecular formula is C15H23N3O3. The molecule has 1 aromatic rings. The van der Waals surface area contributed by atoms with Gasteiger partial charge >= 0.3 is 0 Å². The Morgan fingerprint density at radius 2 is 1.95 bits per heavy atom. The van der Waals surface area contributed by atoms with Crippen LogP contribution in [0.1, 0.15) is 26.2 Å². The van der Waals surface area contributed by atoms with Gasteiger partial charge in [-0.25, -0.2) is 0 Å². The van der Waals surface area contributed by atoms with Crippen LogP contribution in [0.25, 0.3) is 0 Å². The predicted molar refractivity (Wildman–Crippen MR) is 83.1 cm³/mol. The van der Waals surface area contributed by atoms with Crippen molar-refractivity contribution in [3.63, 3.8) is 0 Å². The summed E-state index contributed by atoms with van der Waals surface area (Å²) >= 11 is 0. The lowest BCUT2D eigenvalue weighted by molar-refractivity contribution is -0.119. The Morgan fingerprint density at radius 1 is 1.29 bits per heavy atom. The second-order valence-corrected chi connectivity index (χ2v) is 4.80. The van der Waals surface area contributed by atoms with Crippen molar-refractivity contribution in [2.24, 2.45) is 5.73 Å². The summed E-state index contributed by atoms with van der Waals surface area (Å²) < 4.78 is 4.74. The van der Waals surface area contributed by atoms with Crippen molar-refractivity contribution < 1.29 is 14.3 Å². The third-order valence-electron chi connectivity index (χ3n) is 2.89. The first-order chi connectivity index (χ1) is 10.1. The number of methoxy groups -OCH3 is 1. The molecule has 0 saturated heterocycles. The van der Waals surface area contributed by atoms with Gasteiger partial charge < -0.3 is 21.1 Å². The molecule has 116 valence electrons. The average molecular weight is 293 g/mol. The Labute approximate surface area is 125 Å². The van der Waals surface area contributed by atoms with Crippen LogP contribution in [0.5, 0.6) is 0 Å². The van der Waals surface area contributed by atoms with E-state index in [1.807, 2.05) is 0 Å². The largest absolute Gasteiger partial charge is 0.375 e. The SMILES string of the molecule is CCCC[C@H](N)C(=O)Nc1cccc(NC(=O)COC)c1. The summed E-state index contributed by atoms with van der Waals surface area (Å²) in [6.45, 7) is 2.04. The molecule has 0 fully saturated rings. The van der Waals surface area contributed by atoms with E-state index in [0.717, 1.165) is 12.8 Å². The highest BCUT2D eigenvalue weighted by molar-refractivity contribution is 5.96. The number of amides is 2. The van der Waals surface area contributed by atoms with Crippen molar-refractivity contribution in [1.29, 1.82) is 0 Å². The van der Waals surface area contributed by atoms with Crippen LogP contribution in [-0.2, 0) is 14.3 Å². The number of benzene rings is 1. The lowest BCUT2D eigenvalue weighted by Crippen LogP contribution is -2.35. The van der Waals surface area contributed by atoms with E-state index < -0.39 is 6.04 Å². The third kappa shape index (κ3) is 6.37. The van der Waals surface area contributed by atoms with E-state index in [2.05, 4.69) is 17.6 Å². The van der Waals surface area contributed by atoms with Crippen molar-refractivity contribution in [3.05, 3.63) is 24.3 Å². The summed E-state index contributed by atoms with van der Waals surface area (Å²) in [6.07, 6.45) is 2.58. The predicted octanol–water partition coefficient (Wildman–Crippen LogP) is 1.73. The van der Waals surface area contributed by atoms with Crippen LogP contribution in [0.2, 0.25) is 0 Å². The first-order valence-electron chi connectivity index (χ1n) is 7.02. The molecule has 21 heavy (non-hydrogen) atoms. The summed E-state index contributed by atoms with van der Waals surface area (Å²) in [4.78, 5) is 23.3. The summed E-state index contributed by atoms with van der Waals surface area (Å²) in [6, 6.07) is 6.39. The van der Waals surface area contributed by atoms with Gasteiger partial charge in [0.05, 0.1) is 6.04 Å². The lowest BCUT2D eigenvalue weighted by atomic mass is 10.1. The first kappa shape index (κ1) is 17.1. The maximum atomic E-state index is 11.9. The monoisotopic (exact) mass is 293 g/mol. The van der Waals surface area contributed by atoms with Gasteiger partial charge in [0.25, 0.3) is 0 Å². The number of ether oxygens (including phenoxy) is 1. The molecule has 0 heterocycles. The van der Waals surface area contributed by atoms with Crippen LogP contribution in [0.4, 0.5) is 11.4 Å². The minimum absolute atomic E-state index is 0.0154. The van der Waals surface area contributed by atoms with Crippen molar-refractivity contribution in [2.45, 2.75) is 32.2 Å². The normalized spacial score (nSPS) is 11.8. The van der Waals surface area contributed by atoms with E-state index in [9.17, 15) is 9.59 Å². The van der Waals surface area contributed by atoms with Gasteiger partial charge in [0.2, 0.25) is 11.8 Å². The van der Waals surface area contributed by atoms with Crippen molar-refractivity contribution in [1.82, 2.24) is 0 Å². The fraction of sp³-hybridized carbons (Fsp3) is 0.467.